The minimum Gasteiger partial charge on any atom is -0.354 e. The molecule has 5 atom stereocenters. The molecule has 674 valence electrons. The lowest BCUT2D eigenvalue weighted by Gasteiger charge is -2.41. The van der Waals surface area contributed by atoms with Crippen LogP contribution < -0.4 is 36.0 Å². The first-order chi connectivity index (χ1) is 61.1. The summed E-state index contributed by atoms with van der Waals surface area (Å²) < 4.78 is 3.47. The lowest BCUT2D eigenvalue weighted by atomic mass is 9.81. The van der Waals surface area contributed by atoms with Crippen LogP contribution in [0.4, 0.5) is 22.7 Å². The lowest BCUT2D eigenvalue weighted by molar-refractivity contribution is -0.384. The quantitative estimate of drug-likeness (QED) is 0.0129. The van der Waals surface area contributed by atoms with Gasteiger partial charge >= 0.3 is 0 Å². The predicted molar refractivity (Wildman–Crippen MR) is 542 cm³/mol. The van der Waals surface area contributed by atoms with Gasteiger partial charge in [0.25, 0.3) is 29.3 Å². The van der Waals surface area contributed by atoms with Gasteiger partial charge in [-0.05, 0) is 301 Å². The summed E-state index contributed by atoms with van der Waals surface area (Å²) in [5, 5.41) is 24.2. The van der Waals surface area contributed by atoms with Gasteiger partial charge in [0.2, 0.25) is 23.6 Å². The van der Waals surface area contributed by atoms with Gasteiger partial charge in [-0.25, -0.2) is 0 Å². The maximum absolute atomic E-state index is 14.0. The van der Waals surface area contributed by atoms with Crippen LogP contribution in [0.15, 0.2) is 206 Å². The number of non-ortho nitro benzene ring substituents is 1. The number of nitrogens with one attached hydrogen (secondary N) is 4. The Balaban J connectivity index is 0.000000190. The van der Waals surface area contributed by atoms with E-state index in [1.165, 1.54) is 31.4 Å². The van der Waals surface area contributed by atoms with Gasteiger partial charge in [-0.1, -0.05) is 239 Å². The van der Waals surface area contributed by atoms with Gasteiger partial charge in [0.05, 0.1) is 33.2 Å². The minimum atomic E-state index is -0.674. The standard InChI is InChI=1S/C27H35IN2O2.C25H30ClIN2O2.C25H30IN3O4.C25H31IN2O2/c1-3-4-19-29-26(31)25(22-15-9-6-10-16-22)30(20(2)21-13-7-5-8-14-21)27(32)23-17-11-12-18-24(23)28;1-2-3-17-28-24(30)23(18-9-5-4-6-10-18)29(20-15-13-19(26)14-16-20)25(31)21-11-7-8-12-22(21)27;1-2-3-17-27-24(30)23(18-9-5-4-6-10-18)28(19-13-15-20(16-14-19)29(32)33)25(31)21-11-7-8-12-22(21)26;1-2-3-18-27-24(29)23(19-12-6-4-7-13-19)28(20-14-8-5-9-15-20)25(30)21-16-10-11-17-22(21)26/h5,7-8,11-14,17-18,20,22,25H,3-4,6,9-10,15-16,19H2,1-2H3,(H,29,31);7-8,11-16,18,23H,2-6,9-10,17H2,1H3,(H,28,30);7-8,11-16,18,23H,2-6,9-10,17H2,1H3,(H,27,30);5,8-11,14-17,19,23H,2-4,6-7,12-13,18H2,1H3,(H,27,29)/t20-,25?;;;/m1.../s1. The molecule has 19 nitrogen and oxygen atoms in total. The van der Waals surface area contributed by atoms with Gasteiger partial charge in [-0.15, -0.1) is 0 Å². The number of halogens is 5. The zero-order chi connectivity index (χ0) is 90.3. The van der Waals surface area contributed by atoms with E-state index in [0.717, 1.165) is 186 Å². The Bertz CT molecular complexity index is 4760. The maximum atomic E-state index is 14.0. The monoisotopic (exact) mass is 2180 g/mol. The Morgan fingerprint density at radius 3 is 0.897 bits per heavy atom. The number of carbonyl (C=O) groups excluding carboxylic acids is 8. The van der Waals surface area contributed by atoms with Crippen LogP contribution in [0.1, 0.15) is 267 Å². The van der Waals surface area contributed by atoms with Crippen molar-refractivity contribution in [3.8, 4) is 0 Å². The first-order valence-corrected chi connectivity index (χ1v) is 50.4. The number of nitrogens with zero attached hydrogens (tertiary/aromatic N) is 5. The normalized spacial score (nSPS) is 15.5. The summed E-state index contributed by atoms with van der Waals surface area (Å²) in [4.78, 5) is 127. The van der Waals surface area contributed by atoms with Gasteiger partial charge in [0, 0.05) is 74.7 Å². The van der Waals surface area contributed by atoms with E-state index in [-0.39, 0.29) is 82.7 Å². The number of para-hydroxylation sites is 1. The molecule has 24 heteroatoms. The third kappa shape index (κ3) is 29.6. The Morgan fingerprint density at radius 2 is 0.603 bits per heavy atom. The van der Waals surface area contributed by atoms with Crippen LogP contribution in [0.3, 0.4) is 0 Å². The summed E-state index contributed by atoms with van der Waals surface area (Å²) in [5.41, 5.74) is 5.40. The van der Waals surface area contributed by atoms with Crippen molar-refractivity contribution in [2.24, 2.45) is 23.7 Å². The van der Waals surface area contributed by atoms with Crippen molar-refractivity contribution in [2.45, 2.75) is 245 Å². The van der Waals surface area contributed by atoms with Crippen molar-refractivity contribution in [3.05, 3.63) is 263 Å². The highest BCUT2D eigenvalue weighted by molar-refractivity contribution is 14.1. The molecule has 126 heavy (non-hydrogen) atoms. The van der Waals surface area contributed by atoms with Crippen LogP contribution in [0, 0.1) is 48.1 Å². The SMILES string of the molecule is CCCCNC(=O)C(C1CCCCC1)N(C(=O)c1ccccc1I)[C@H](C)c1ccccc1.CCCCNC(=O)C(C1CCCCC1)N(C(=O)c1ccccc1I)c1ccc(Cl)cc1.CCCCNC(=O)C(C1CCCCC1)N(C(=O)c1ccccc1I)c1ccc([N+](=O)[O-])cc1.CCCCNC(=O)C(C1CCCCC1)N(C(=O)c1ccccc1I)c1ccccc1. The molecular formula is C102H126ClI4N9O10. The molecule has 4 saturated carbocycles. The summed E-state index contributed by atoms with van der Waals surface area (Å²) >= 11 is 14.9. The number of hydrogen-bond donors (Lipinski definition) is 4. The number of rotatable bonds is 34. The zero-order valence-corrected chi connectivity index (χ0v) is 83.0. The van der Waals surface area contributed by atoms with Crippen LogP contribution >= 0.6 is 102 Å². The van der Waals surface area contributed by atoms with Gasteiger partial charge in [-0.3, -0.25) is 63.2 Å². The summed E-state index contributed by atoms with van der Waals surface area (Å²) in [7, 11) is 0. The highest BCUT2D eigenvalue weighted by Gasteiger charge is 2.44. The molecule has 4 unspecified atom stereocenters. The molecule has 0 spiro atoms. The topological polar surface area (TPSA) is 241 Å². The van der Waals surface area contributed by atoms with E-state index in [1.807, 2.05) is 163 Å². The second-order valence-corrected chi connectivity index (χ2v) is 38.4. The Hall–Kier alpha value is -7.87. The number of unbranched alkanes of at least 4 members (excludes halogenated alkanes) is 4. The van der Waals surface area contributed by atoms with Crippen molar-refractivity contribution >= 4 is 172 Å². The maximum Gasteiger partial charge on any atom is 0.269 e. The van der Waals surface area contributed by atoms with Crippen molar-refractivity contribution in [3.63, 3.8) is 0 Å². The molecule has 8 aromatic rings. The fourth-order valence-corrected chi connectivity index (χ4v) is 20.2. The van der Waals surface area contributed by atoms with Crippen LogP contribution in [-0.2, 0) is 19.2 Å². The molecule has 4 N–H and O–H groups in total. The first kappa shape index (κ1) is 102. The highest BCUT2D eigenvalue weighted by Crippen LogP contribution is 2.40. The summed E-state index contributed by atoms with van der Waals surface area (Å²) in [6.45, 7) is 12.9. The molecule has 4 fully saturated rings. The number of hydrogen-bond acceptors (Lipinski definition) is 10. The third-order valence-electron chi connectivity index (χ3n) is 24.4. The minimum absolute atomic E-state index is 0.00702. The van der Waals surface area contributed by atoms with Crippen molar-refractivity contribution in [1.82, 2.24) is 26.2 Å². The lowest BCUT2D eigenvalue weighted by Crippen LogP contribution is -2.54. The number of benzene rings is 8. The molecule has 4 aliphatic carbocycles. The smallest absolute Gasteiger partial charge is 0.269 e. The molecule has 0 aromatic heterocycles. The number of anilines is 3. The molecule has 0 saturated heterocycles. The fourth-order valence-electron chi connectivity index (χ4n) is 17.6. The molecule has 0 aliphatic heterocycles. The zero-order valence-electron chi connectivity index (χ0n) is 73.7. The molecule has 0 heterocycles. The van der Waals surface area contributed by atoms with E-state index < -0.39 is 29.1 Å². The molecule has 8 amide bonds. The average molecular weight is 2180 g/mol. The van der Waals surface area contributed by atoms with Crippen LogP contribution in [0.5, 0.6) is 0 Å². The van der Waals surface area contributed by atoms with Crippen molar-refractivity contribution in [2.75, 3.05) is 40.9 Å². The molecule has 0 bridgehead atoms. The van der Waals surface area contributed by atoms with E-state index in [2.05, 4.69) is 146 Å². The van der Waals surface area contributed by atoms with Gasteiger partial charge in [0.15, 0.2) is 0 Å². The van der Waals surface area contributed by atoms with E-state index in [9.17, 15) is 48.5 Å². The second kappa shape index (κ2) is 54.6. The average Bonchev–Trinajstić information content (AvgIpc) is 0.798. The van der Waals surface area contributed by atoms with E-state index in [1.54, 1.807) is 51.1 Å². The Kier molecular flexibility index (Phi) is 44.1. The van der Waals surface area contributed by atoms with Crippen LogP contribution in [-0.4, -0.2) is 107 Å². The molecule has 0 radical (unpaired) electrons. The van der Waals surface area contributed by atoms with Crippen LogP contribution in [0.2, 0.25) is 5.02 Å². The number of carbonyl (C=O) groups is 8. The van der Waals surface area contributed by atoms with Gasteiger partial charge in [0.1, 0.15) is 24.2 Å². The fraction of sp³-hybridized carbons (Fsp3) is 0.451. The summed E-state index contributed by atoms with van der Waals surface area (Å²) in [5.74, 6) is -0.317. The first-order valence-electron chi connectivity index (χ1n) is 45.7. The Morgan fingerprint density at radius 1 is 0.349 bits per heavy atom. The van der Waals surface area contributed by atoms with Gasteiger partial charge < -0.3 is 26.2 Å². The van der Waals surface area contributed by atoms with Crippen molar-refractivity contribution in [1.29, 1.82) is 0 Å². The molecular weight excluding hydrogens is 2050 g/mol. The van der Waals surface area contributed by atoms with E-state index >= 15 is 0 Å². The number of amides is 8. The Labute approximate surface area is 806 Å². The summed E-state index contributed by atoms with van der Waals surface area (Å²) in [6, 6.07) is 60.6. The number of nitro benzene ring substituents is 1. The third-order valence-corrected chi connectivity index (χ3v) is 28.4. The number of nitro groups is 1. The molecule has 8 aromatic carbocycles. The highest BCUT2D eigenvalue weighted by atomic mass is 127. The van der Waals surface area contributed by atoms with E-state index in [4.69, 9.17) is 11.6 Å². The molecule has 12 rings (SSSR count). The van der Waals surface area contributed by atoms with Crippen LogP contribution in [0.25, 0.3) is 0 Å². The van der Waals surface area contributed by atoms with E-state index in [0.29, 0.717) is 64.8 Å². The predicted octanol–water partition coefficient (Wildman–Crippen LogP) is 24.3. The summed E-state index contributed by atoms with van der Waals surface area (Å²) in [6.07, 6.45) is 28.7. The van der Waals surface area contributed by atoms with Crippen molar-refractivity contribution < 1.29 is 43.3 Å². The largest absolute Gasteiger partial charge is 0.354 e. The second-order valence-electron chi connectivity index (χ2n) is 33.3. The molecule has 4 aliphatic rings. The van der Waals surface area contributed by atoms with Gasteiger partial charge in [-0.2, -0.15) is 0 Å².